The molecule has 1 rings (SSSR count). The van der Waals surface area contributed by atoms with E-state index in [-0.39, 0.29) is 5.92 Å². The van der Waals surface area contributed by atoms with Gasteiger partial charge < -0.3 is 5.73 Å². The molecule has 0 amide bonds. The van der Waals surface area contributed by atoms with Crippen molar-refractivity contribution in [3.63, 3.8) is 0 Å². The van der Waals surface area contributed by atoms with E-state index in [1.807, 2.05) is 0 Å². The van der Waals surface area contributed by atoms with Gasteiger partial charge >= 0.3 is 6.18 Å². The molecular weight excluding hydrogens is 155 g/mol. The number of nitrogens with two attached hydrogens (primary N) is 1. The van der Waals surface area contributed by atoms with Crippen molar-refractivity contribution in [1.29, 1.82) is 0 Å². The molecule has 0 bridgehead atoms. The van der Waals surface area contributed by atoms with E-state index in [0.717, 1.165) is 19.3 Å². The smallest absolute Gasteiger partial charge is 0.327 e. The van der Waals surface area contributed by atoms with E-state index < -0.39 is 18.6 Å². The summed E-state index contributed by atoms with van der Waals surface area (Å²) in [5.74, 6) is 0.122. The molecule has 0 aromatic heterocycles. The van der Waals surface area contributed by atoms with Gasteiger partial charge in [0, 0.05) is 6.04 Å². The van der Waals surface area contributed by atoms with Crippen molar-refractivity contribution in [1.82, 2.24) is 0 Å². The van der Waals surface area contributed by atoms with Crippen LogP contribution in [0.5, 0.6) is 0 Å². The summed E-state index contributed by atoms with van der Waals surface area (Å²) in [6.07, 6.45) is -2.13. The first kappa shape index (κ1) is 8.84. The third kappa shape index (κ3) is 2.69. The summed E-state index contributed by atoms with van der Waals surface area (Å²) in [5, 5.41) is 0. The minimum Gasteiger partial charge on any atom is -0.327 e. The molecule has 4 heteroatoms. The molecule has 1 aliphatic carbocycles. The zero-order valence-corrected chi connectivity index (χ0v) is 6.19. The van der Waals surface area contributed by atoms with Crippen LogP contribution in [0.25, 0.3) is 0 Å². The van der Waals surface area contributed by atoms with Crippen molar-refractivity contribution in [3.05, 3.63) is 0 Å². The van der Waals surface area contributed by atoms with Crippen molar-refractivity contribution in [2.24, 2.45) is 11.7 Å². The van der Waals surface area contributed by atoms with Crippen molar-refractivity contribution in [2.45, 2.75) is 37.9 Å². The first-order valence-electron chi connectivity index (χ1n) is 3.81. The Hall–Kier alpha value is -0.250. The lowest BCUT2D eigenvalue weighted by molar-refractivity contribution is -0.142. The summed E-state index contributed by atoms with van der Waals surface area (Å²) in [4.78, 5) is 0. The molecule has 0 saturated heterocycles. The monoisotopic (exact) mass is 167 g/mol. The fraction of sp³-hybridized carbons (Fsp3) is 1.00. The third-order valence-corrected chi connectivity index (χ3v) is 2.22. The molecule has 2 N–H and O–H groups in total. The van der Waals surface area contributed by atoms with Crippen molar-refractivity contribution in [3.8, 4) is 0 Å². The van der Waals surface area contributed by atoms with E-state index in [4.69, 9.17) is 5.73 Å². The SMILES string of the molecule is NC(CC(F)(F)F)C1CCC1. The second kappa shape index (κ2) is 3.01. The zero-order chi connectivity index (χ0) is 8.48. The van der Waals surface area contributed by atoms with Crippen LogP contribution in [0.1, 0.15) is 25.7 Å². The number of hydrogen-bond acceptors (Lipinski definition) is 1. The first-order valence-corrected chi connectivity index (χ1v) is 3.81. The Labute approximate surface area is 63.8 Å². The lowest BCUT2D eigenvalue weighted by Gasteiger charge is -2.31. The maximum atomic E-state index is 11.7. The van der Waals surface area contributed by atoms with E-state index >= 15 is 0 Å². The van der Waals surface area contributed by atoms with E-state index in [9.17, 15) is 13.2 Å². The second-order valence-corrected chi connectivity index (χ2v) is 3.17. The molecule has 1 aliphatic rings. The van der Waals surface area contributed by atoms with E-state index in [0.29, 0.717) is 0 Å². The largest absolute Gasteiger partial charge is 0.390 e. The first-order chi connectivity index (χ1) is 4.99. The summed E-state index contributed by atoms with van der Waals surface area (Å²) < 4.78 is 35.2. The summed E-state index contributed by atoms with van der Waals surface area (Å²) >= 11 is 0. The van der Waals surface area contributed by atoms with E-state index in [1.165, 1.54) is 0 Å². The van der Waals surface area contributed by atoms with Crippen molar-refractivity contribution >= 4 is 0 Å². The number of halogens is 3. The lowest BCUT2D eigenvalue weighted by atomic mass is 9.79. The van der Waals surface area contributed by atoms with Gasteiger partial charge in [-0.1, -0.05) is 6.42 Å². The van der Waals surface area contributed by atoms with Crippen LogP contribution in [0.15, 0.2) is 0 Å². The Morgan fingerprint density at radius 1 is 1.36 bits per heavy atom. The Bertz CT molecular complexity index is 128. The highest BCUT2D eigenvalue weighted by Crippen LogP contribution is 2.33. The van der Waals surface area contributed by atoms with Crippen LogP contribution in [-0.4, -0.2) is 12.2 Å². The average molecular weight is 167 g/mol. The molecule has 11 heavy (non-hydrogen) atoms. The van der Waals surface area contributed by atoms with Gasteiger partial charge in [-0.25, -0.2) is 0 Å². The van der Waals surface area contributed by atoms with Gasteiger partial charge in [0.25, 0.3) is 0 Å². The van der Waals surface area contributed by atoms with E-state index in [1.54, 1.807) is 0 Å². The van der Waals surface area contributed by atoms with Crippen molar-refractivity contribution in [2.75, 3.05) is 0 Å². The molecule has 0 aliphatic heterocycles. The van der Waals surface area contributed by atoms with Crippen LogP contribution in [0.3, 0.4) is 0 Å². The standard InChI is InChI=1S/C7H12F3N/c8-7(9,10)4-6(11)5-2-1-3-5/h5-6H,1-4,11H2. The molecule has 1 saturated carbocycles. The topological polar surface area (TPSA) is 26.0 Å². The highest BCUT2D eigenvalue weighted by molar-refractivity contribution is 4.81. The van der Waals surface area contributed by atoms with Crippen LogP contribution in [0.2, 0.25) is 0 Å². The number of hydrogen-bond donors (Lipinski definition) is 1. The maximum absolute atomic E-state index is 11.7. The molecule has 0 aromatic carbocycles. The van der Waals surface area contributed by atoms with Gasteiger partial charge in [-0.05, 0) is 18.8 Å². The Kier molecular flexibility index (Phi) is 2.42. The van der Waals surface area contributed by atoms with Gasteiger partial charge in [-0.15, -0.1) is 0 Å². The summed E-state index contributed by atoms with van der Waals surface area (Å²) in [6.45, 7) is 0. The zero-order valence-electron chi connectivity index (χ0n) is 6.19. The average Bonchev–Trinajstić information content (AvgIpc) is 1.50. The molecular formula is C7H12F3N. The molecule has 0 radical (unpaired) electrons. The molecule has 0 spiro atoms. The maximum Gasteiger partial charge on any atom is 0.390 e. The fourth-order valence-electron chi connectivity index (χ4n) is 1.30. The Morgan fingerprint density at radius 2 is 1.91 bits per heavy atom. The fourth-order valence-corrected chi connectivity index (χ4v) is 1.30. The van der Waals surface area contributed by atoms with Crippen LogP contribution in [-0.2, 0) is 0 Å². The molecule has 0 heterocycles. The van der Waals surface area contributed by atoms with Gasteiger partial charge in [0.15, 0.2) is 0 Å². The number of rotatable bonds is 2. The van der Waals surface area contributed by atoms with Gasteiger partial charge in [0.2, 0.25) is 0 Å². The molecule has 1 nitrogen and oxygen atoms in total. The van der Waals surface area contributed by atoms with Crippen LogP contribution in [0.4, 0.5) is 13.2 Å². The summed E-state index contributed by atoms with van der Waals surface area (Å²) in [7, 11) is 0. The Balaban J connectivity index is 2.24. The molecule has 1 atom stereocenters. The normalized spacial score (nSPS) is 22.9. The van der Waals surface area contributed by atoms with Crippen LogP contribution >= 0.6 is 0 Å². The van der Waals surface area contributed by atoms with E-state index in [2.05, 4.69) is 0 Å². The van der Waals surface area contributed by atoms with Gasteiger partial charge in [0.1, 0.15) is 0 Å². The summed E-state index contributed by atoms with van der Waals surface area (Å²) in [6, 6.07) is -0.663. The van der Waals surface area contributed by atoms with Gasteiger partial charge in [-0.3, -0.25) is 0 Å². The molecule has 0 aromatic rings. The summed E-state index contributed by atoms with van der Waals surface area (Å²) in [5.41, 5.74) is 5.35. The molecule has 1 fully saturated rings. The van der Waals surface area contributed by atoms with Crippen LogP contribution in [0, 0.1) is 5.92 Å². The molecule has 1 unspecified atom stereocenters. The van der Waals surface area contributed by atoms with Crippen molar-refractivity contribution < 1.29 is 13.2 Å². The van der Waals surface area contributed by atoms with Gasteiger partial charge in [-0.2, -0.15) is 13.2 Å². The predicted molar refractivity (Wildman–Crippen MR) is 36.0 cm³/mol. The number of alkyl halides is 3. The minimum atomic E-state index is -4.09. The van der Waals surface area contributed by atoms with Crippen LogP contribution < -0.4 is 5.73 Å². The quantitative estimate of drug-likeness (QED) is 0.669. The predicted octanol–water partition coefficient (Wildman–Crippen LogP) is 2.07. The highest BCUT2D eigenvalue weighted by Gasteiger charge is 2.35. The lowest BCUT2D eigenvalue weighted by Crippen LogP contribution is -2.38. The third-order valence-electron chi connectivity index (χ3n) is 2.22. The molecule has 66 valence electrons. The highest BCUT2D eigenvalue weighted by atomic mass is 19.4. The van der Waals surface area contributed by atoms with Gasteiger partial charge in [0.05, 0.1) is 6.42 Å². The minimum absolute atomic E-state index is 0.122. The second-order valence-electron chi connectivity index (χ2n) is 3.17. The Morgan fingerprint density at radius 3 is 2.18 bits per heavy atom.